The zero-order chi connectivity index (χ0) is 20.8. The maximum Gasteiger partial charge on any atom is 0.414 e. The second-order valence-electron chi connectivity index (χ2n) is 7.43. The van der Waals surface area contributed by atoms with Crippen LogP contribution in [0.4, 0.5) is 19.3 Å². The molecule has 2 amide bonds. The normalized spacial score (nSPS) is 19.8. The third-order valence-corrected chi connectivity index (χ3v) is 5.13. The van der Waals surface area contributed by atoms with E-state index in [0.29, 0.717) is 18.5 Å². The van der Waals surface area contributed by atoms with Crippen LogP contribution < -0.4 is 16.0 Å². The molecule has 0 spiro atoms. The number of carbonyl (C=O) groups is 2. The lowest BCUT2D eigenvalue weighted by Crippen LogP contribution is -2.33. The maximum absolute atomic E-state index is 14.7. The van der Waals surface area contributed by atoms with Gasteiger partial charge in [-0.25, -0.2) is 13.6 Å². The smallest absolute Gasteiger partial charge is 0.414 e. The molecule has 2 aromatic rings. The monoisotopic (exact) mass is 402 g/mol. The van der Waals surface area contributed by atoms with E-state index in [2.05, 4.69) is 10.3 Å². The first kappa shape index (κ1) is 19.3. The van der Waals surface area contributed by atoms with Crippen molar-refractivity contribution in [3.8, 4) is 11.1 Å². The summed E-state index contributed by atoms with van der Waals surface area (Å²) in [5.74, 6) is -1.41. The van der Waals surface area contributed by atoms with E-state index >= 15 is 0 Å². The predicted octanol–water partition coefficient (Wildman–Crippen LogP) is 2.44. The van der Waals surface area contributed by atoms with Gasteiger partial charge < -0.3 is 15.8 Å². The molecule has 7 nitrogen and oxygen atoms in total. The van der Waals surface area contributed by atoms with Gasteiger partial charge in [-0.3, -0.25) is 14.7 Å². The molecule has 2 fully saturated rings. The molecule has 1 aliphatic heterocycles. The third kappa shape index (κ3) is 3.77. The van der Waals surface area contributed by atoms with E-state index in [1.54, 1.807) is 6.07 Å². The van der Waals surface area contributed by atoms with E-state index in [4.69, 9.17) is 10.5 Å². The lowest BCUT2D eigenvalue weighted by atomic mass is 10.0. The zero-order valence-electron chi connectivity index (χ0n) is 15.7. The van der Waals surface area contributed by atoms with Crippen molar-refractivity contribution >= 4 is 17.7 Å². The van der Waals surface area contributed by atoms with Gasteiger partial charge >= 0.3 is 6.09 Å². The number of anilines is 1. The van der Waals surface area contributed by atoms with Crippen molar-refractivity contribution in [2.75, 3.05) is 18.0 Å². The molecule has 3 N–H and O–H groups in total. The molecular formula is C20H20F2N4O3. The lowest BCUT2D eigenvalue weighted by molar-refractivity contribution is -0.119. The number of benzene rings is 1. The van der Waals surface area contributed by atoms with E-state index < -0.39 is 29.4 Å². The summed E-state index contributed by atoms with van der Waals surface area (Å²) in [5, 5.41) is 2.58. The molecule has 9 heteroatoms. The van der Waals surface area contributed by atoms with Crippen molar-refractivity contribution in [2.24, 2.45) is 5.73 Å². The quantitative estimate of drug-likeness (QED) is 0.801. The van der Waals surface area contributed by atoms with Crippen LogP contribution in [0.2, 0.25) is 0 Å². The van der Waals surface area contributed by atoms with E-state index in [1.807, 2.05) is 0 Å². The molecule has 1 aliphatic carbocycles. The average Bonchev–Trinajstić information content (AvgIpc) is 3.30. The van der Waals surface area contributed by atoms with E-state index in [1.165, 1.54) is 36.2 Å². The number of nitrogens with two attached hydrogens (primary N) is 1. The van der Waals surface area contributed by atoms with Crippen molar-refractivity contribution < 1.29 is 23.1 Å². The zero-order valence-corrected chi connectivity index (χ0v) is 15.7. The molecule has 0 radical (unpaired) electrons. The molecule has 4 rings (SSSR count). The molecule has 0 unspecified atom stereocenters. The number of pyridine rings is 1. The third-order valence-electron chi connectivity index (χ3n) is 5.13. The summed E-state index contributed by atoms with van der Waals surface area (Å²) < 4.78 is 34.3. The number of hydrogen-bond donors (Lipinski definition) is 2. The molecule has 0 bridgehead atoms. The van der Waals surface area contributed by atoms with Crippen LogP contribution in [-0.2, 0) is 15.1 Å². The summed E-state index contributed by atoms with van der Waals surface area (Å²) in [6.45, 7) is 1.73. The molecule has 1 saturated heterocycles. The molecular weight excluding hydrogens is 382 g/mol. The van der Waals surface area contributed by atoms with Crippen molar-refractivity contribution in [3.63, 3.8) is 0 Å². The fourth-order valence-electron chi connectivity index (χ4n) is 3.33. The van der Waals surface area contributed by atoms with Gasteiger partial charge in [0.2, 0.25) is 5.91 Å². The number of ether oxygens (including phenoxy) is 1. The number of nitrogens with zero attached hydrogens (tertiary/aromatic N) is 2. The standard InChI is InChI=1S/C20H20F2N4O3/c1-11(27)24-9-14-10-26(19(28)29-14)13-2-3-15(16(21)7-13)12-6-17(22)18(25-8-12)20(23)4-5-20/h2-3,6-8,14H,4-5,9-10,23H2,1H3,(H,24,27)/t14-/m0/s1. The Kier molecular flexibility index (Phi) is 4.70. The van der Waals surface area contributed by atoms with Crippen LogP contribution in [0.15, 0.2) is 30.5 Å². The SMILES string of the molecule is CC(=O)NC[C@H]1CN(c2ccc(-c3cnc(C4(N)CC4)c(F)c3)c(F)c2)C(=O)O1. The highest BCUT2D eigenvalue weighted by molar-refractivity contribution is 5.90. The Morgan fingerprint density at radius 2 is 2.10 bits per heavy atom. The average molecular weight is 402 g/mol. The second-order valence-corrected chi connectivity index (χ2v) is 7.43. The van der Waals surface area contributed by atoms with Crippen LogP contribution in [-0.4, -0.2) is 36.2 Å². The number of rotatable bonds is 5. The number of amides is 2. The predicted molar refractivity (Wildman–Crippen MR) is 101 cm³/mol. The van der Waals surface area contributed by atoms with Gasteiger partial charge in [-0.1, -0.05) is 0 Å². The van der Waals surface area contributed by atoms with E-state index in [-0.39, 0.29) is 35.8 Å². The van der Waals surface area contributed by atoms with Gasteiger partial charge in [0.15, 0.2) is 0 Å². The van der Waals surface area contributed by atoms with Gasteiger partial charge in [-0.05, 0) is 37.1 Å². The molecule has 1 saturated carbocycles. The first-order valence-electron chi connectivity index (χ1n) is 9.24. The number of cyclic esters (lactones) is 1. The minimum absolute atomic E-state index is 0.163. The summed E-state index contributed by atoms with van der Waals surface area (Å²) in [7, 11) is 0. The molecule has 2 heterocycles. The highest BCUT2D eigenvalue weighted by Crippen LogP contribution is 2.43. The largest absolute Gasteiger partial charge is 0.442 e. The van der Waals surface area contributed by atoms with Crippen LogP contribution in [0.5, 0.6) is 0 Å². The number of nitrogens with one attached hydrogen (secondary N) is 1. The topological polar surface area (TPSA) is 97.5 Å². The van der Waals surface area contributed by atoms with Gasteiger partial charge in [0.1, 0.15) is 17.7 Å². The lowest BCUT2D eigenvalue weighted by Gasteiger charge is -2.15. The second kappa shape index (κ2) is 7.07. The Bertz CT molecular complexity index is 994. The first-order chi connectivity index (χ1) is 13.8. The Hall–Kier alpha value is -3.07. The number of halogens is 2. The molecule has 1 atom stereocenters. The van der Waals surface area contributed by atoms with Crippen LogP contribution >= 0.6 is 0 Å². The van der Waals surface area contributed by atoms with Crippen LogP contribution in [0.25, 0.3) is 11.1 Å². The van der Waals surface area contributed by atoms with Gasteiger partial charge in [0, 0.05) is 24.2 Å². The fraction of sp³-hybridized carbons (Fsp3) is 0.350. The van der Waals surface area contributed by atoms with Gasteiger partial charge in [0.05, 0.1) is 30.0 Å². The van der Waals surface area contributed by atoms with Crippen LogP contribution in [0, 0.1) is 11.6 Å². The van der Waals surface area contributed by atoms with Crippen molar-refractivity contribution in [2.45, 2.75) is 31.4 Å². The van der Waals surface area contributed by atoms with Gasteiger partial charge in [-0.2, -0.15) is 0 Å². The molecule has 152 valence electrons. The summed E-state index contributed by atoms with van der Waals surface area (Å²) in [4.78, 5) is 28.5. The molecule has 29 heavy (non-hydrogen) atoms. The first-order valence-corrected chi connectivity index (χ1v) is 9.24. The van der Waals surface area contributed by atoms with Gasteiger partial charge in [0.25, 0.3) is 0 Å². The molecule has 1 aromatic carbocycles. The Morgan fingerprint density at radius 1 is 1.34 bits per heavy atom. The molecule has 1 aromatic heterocycles. The van der Waals surface area contributed by atoms with Gasteiger partial charge in [-0.15, -0.1) is 0 Å². The Labute approximate surface area is 165 Å². The fourth-order valence-corrected chi connectivity index (χ4v) is 3.33. The summed E-state index contributed by atoms with van der Waals surface area (Å²) in [5.41, 5.74) is 6.23. The van der Waals surface area contributed by atoms with Crippen LogP contribution in [0.3, 0.4) is 0 Å². The van der Waals surface area contributed by atoms with Crippen molar-refractivity contribution in [1.29, 1.82) is 0 Å². The van der Waals surface area contributed by atoms with Crippen molar-refractivity contribution in [1.82, 2.24) is 10.3 Å². The number of carbonyl (C=O) groups excluding carboxylic acids is 2. The van der Waals surface area contributed by atoms with Crippen LogP contribution in [0.1, 0.15) is 25.5 Å². The number of hydrogen-bond acceptors (Lipinski definition) is 5. The molecule has 2 aliphatic rings. The summed E-state index contributed by atoms with van der Waals surface area (Å²) in [6.07, 6.45) is 1.60. The minimum atomic E-state index is -0.713. The van der Waals surface area contributed by atoms with Crippen molar-refractivity contribution in [3.05, 3.63) is 47.8 Å². The highest BCUT2D eigenvalue weighted by atomic mass is 19.1. The highest BCUT2D eigenvalue weighted by Gasteiger charge is 2.43. The maximum atomic E-state index is 14.7. The number of aromatic nitrogens is 1. The Morgan fingerprint density at radius 3 is 2.72 bits per heavy atom. The van der Waals surface area contributed by atoms with E-state index in [9.17, 15) is 18.4 Å². The Balaban J connectivity index is 1.53. The summed E-state index contributed by atoms with van der Waals surface area (Å²) >= 11 is 0. The summed E-state index contributed by atoms with van der Waals surface area (Å²) in [6, 6.07) is 5.43. The van der Waals surface area contributed by atoms with E-state index in [0.717, 1.165) is 0 Å². The minimum Gasteiger partial charge on any atom is -0.442 e.